The highest BCUT2D eigenvalue weighted by Gasteiger charge is 2.23. The molecule has 130 valence electrons. The highest BCUT2D eigenvalue weighted by Crippen LogP contribution is 2.22. The van der Waals surface area contributed by atoms with Crippen molar-refractivity contribution >= 4 is 29.3 Å². The summed E-state index contributed by atoms with van der Waals surface area (Å²) in [5.41, 5.74) is 2.06. The number of rotatable bonds is 6. The number of aryl methyl sites for hydroxylation is 1. The predicted octanol–water partition coefficient (Wildman–Crippen LogP) is 2.22. The Morgan fingerprint density at radius 2 is 2.16 bits per heavy atom. The summed E-state index contributed by atoms with van der Waals surface area (Å²) >= 11 is 1.22. The van der Waals surface area contributed by atoms with E-state index >= 15 is 0 Å². The molecule has 0 aliphatic rings. The van der Waals surface area contributed by atoms with Gasteiger partial charge in [0.25, 0.3) is 5.78 Å². The molecule has 3 aromatic heterocycles. The first-order chi connectivity index (χ1) is 12.0. The number of nitrogens with zero attached hydrogens (tertiary/aromatic N) is 4. The lowest BCUT2D eigenvalue weighted by atomic mass is 10.1. The van der Waals surface area contributed by atoms with Gasteiger partial charge in [-0.05, 0) is 32.4 Å². The fraction of sp³-hybridized carbons (Fsp3) is 0.312. The summed E-state index contributed by atoms with van der Waals surface area (Å²) in [7, 11) is 0. The Labute approximate surface area is 148 Å². The van der Waals surface area contributed by atoms with E-state index in [1.165, 1.54) is 11.8 Å². The van der Waals surface area contributed by atoms with Crippen molar-refractivity contribution in [2.24, 2.45) is 0 Å². The number of H-pyrrole nitrogens is 1. The van der Waals surface area contributed by atoms with Gasteiger partial charge in [-0.2, -0.15) is 4.98 Å². The van der Waals surface area contributed by atoms with Crippen LogP contribution in [0.25, 0.3) is 5.78 Å². The van der Waals surface area contributed by atoms with Gasteiger partial charge in [-0.1, -0.05) is 11.8 Å². The molecule has 0 fully saturated rings. The van der Waals surface area contributed by atoms with E-state index in [4.69, 9.17) is 4.74 Å². The average Bonchev–Trinajstić information content (AvgIpc) is 3.13. The molecule has 1 N–H and O–H groups in total. The number of fused-ring (bicyclic) bond motifs is 1. The minimum atomic E-state index is -0.423. The number of aromatic amines is 1. The standard InChI is InChI=1S/C16H17N5O3S/c1-4-24-14(23)12-9(2)13(18-10(12)3)11(22)8-25-16-19-15-17-6-5-7-21(15)20-16/h5-7,18H,4,8H2,1-3H3. The Bertz CT molecular complexity index is 914. The zero-order chi connectivity index (χ0) is 18.0. The Morgan fingerprint density at radius 3 is 2.88 bits per heavy atom. The minimum absolute atomic E-state index is 0.132. The number of ketones is 1. The molecule has 3 aromatic rings. The Balaban J connectivity index is 1.75. The van der Waals surface area contributed by atoms with Gasteiger partial charge < -0.3 is 9.72 Å². The molecule has 0 bridgehead atoms. The first-order valence-electron chi connectivity index (χ1n) is 7.71. The number of carbonyl (C=O) groups is 2. The fourth-order valence-corrected chi connectivity index (χ4v) is 3.21. The number of esters is 1. The molecule has 8 nitrogen and oxygen atoms in total. The summed E-state index contributed by atoms with van der Waals surface area (Å²) < 4.78 is 6.59. The average molecular weight is 359 g/mol. The topological polar surface area (TPSA) is 102 Å². The lowest BCUT2D eigenvalue weighted by Crippen LogP contribution is -2.08. The molecule has 3 heterocycles. The van der Waals surface area contributed by atoms with Gasteiger partial charge in [0.1, 0.15) is 0 Å². The van der Waals surface area contributed by atoms with Crippen LogP contribution in [0.3, 0.4) is 0 Å². The monoisotopic (exact) mass is 359 g/mol. The van der Waals surface area contributed by atoms with Crippen molar-refractivity contribution in [2.75, 3.05) is 12.4 Å². The largest absolute Gasteiger partial charge is 0.462 e. The van der Waals surface area contributed by atoms with E-state index in [9.17, 15) is 9.59 Å². The molecule has 0 saturated heterocycles. The SMILES string of the molecule is CCOC(=O)c1c(C)[nH]c(C(=O)CSc2nc3ncccn3n2)c1C. The van der Waals surface area contributed by atoms with Crippen LogP contribution in [0.4, 0.5) is 0 Å². The molecule has 0 aliphatic heterocycles. The predicted molar refractivity (Wildman–Crippen MR) is 92.1 cm³/mol. The third kappa shape index (κ3) is 3.41. The molecular formula is C16H17N5O3S. The second-order valence-corrected chi connectivity index (χ2v) is 6.26. The van der Waals surface area contributed by atoms with Gasteiger partial charge >= 0.3 is 5.97 Å². The number of ether oxygens (including phenoxy) is 1. The number of hydrogen-bond acceptors (Lipinski definition) is 7. The molecular weight excluding hydrogens is 342 g/mol. The quantitative estimate of drug-likeness (QED) is 0.409. The first kappa shape index (κ1) is 17.2. The van der Waals surface area contributed by atoms with Crippen molar-refractivity contribution in [1.29, 1.82) is 0 Å². The number of aromatic nitrogens is 5. The van der Waals surface area contributed by atoms with Crippen LogP contribution in [-0.4, -0.2) is 48.7 Å². The molecule has 0 radical (unpaired) electrons. The highest BCUT2D eigenvalue weighted by molar-refractivity contribution is 7.99. The van der Waals surface area contributed by atoms with Gasteiger partial charge in [0.05, 0.1) is 23.6 Å². The molecule has 0 saturated carbocycles. The van der Waals surface area contributed by atoms with Crippen LogP contribution in [0.15, 0.2) is 23.6 Å². The van der Waals surface area contributed by atoms with Gasteiger partial charge in [-0.3, -0.25) is 4.79 Å². The Morgan fingerprint density at radius 1 is 1.36 bits per heavy atom. The Hall–Kier alpha value is -2.68. The van der Waals surface area contributed by atoms with Gasteiger partial charge in [-0.15, -0.1) is 5.10 Å². The third-order valence-corrected chi connectivity index (χ3v) is 4.46. The summed E-state index contributed by atoms with van der Waals surface area (Å²) in [5, 5.41) is 4.72. The number of Topliss-reactive ketones (excluding diaryl/α,β-unsaturated/α-hetero) is 1. The van der Waals surface area contributed by atoms with E-state index in [0.717, 1.165) is 0 Å². The number of thioether (sulfide) groups is 1. The fourth-order valence-electron chi connectivity index (χ4n) is 2.52. The molecule has 3 rings (SSSR count). The molecule has 25 heavy (non-hydrogen) atoms. The highest BCUT2D eigenvalue weighted by atomic mass is 32.2. The number of hydrogen-bond donors (Lipinski definition) is 1. The summed E-state index contributed by atoms with van der Waals surface area (Å²) in [4.78, 5) is 35.9. The molecule has 0 unspecified atom stereocenters. The second-order valence-electron chi connectivity index (χ2n) is 5.32. The van der Waals surface area contributed by atoms with Crippen LogP contribution in [0.5, 0.6) is 0 Å². The van der Waals surface area contributed by atoms with Gasteiger partial charge in [-0.25, -0.2) is 14.3 Å². The molecule has 0 aromatic carbocycles. The maximum atomic E-state index is 12.5. The zero-order valence-electron chi connectivity index (χ0n) is 14.1. The Kier molecular flexibility index (Phi) is 4.84. The second kappa shape index (κ2) is 7.06. The van der Waals surface area contributed by atoms with Crippen LogP contribution in [0.2, 0.25) is 0 Å². The third-order valence-electron chi connectivity index (χ3n) is 3.63. The van der Waals surface area contributed by atoms with Crippen molar-refractivity contribution in [2.45, 2.75) is 25.9 Å². The van der Waals surface area contributed by atoms with E-state index in [-0.39, 0.29) is 18.1 Å². The van der Waals surface area contributed by atoms with Crippen LogP contribution in [0, 0.1) is 13.8 Å². The molecule has 0 spiro atoms. The summed E-state index contributed by atoms with van der Waals surface area (Å²) in [5.74, 6) is 0.0791. The smallest absolute Gasteiger partial charge is 0.340 e. The number of nitrogens with one attached hydrogen (secondary N) is 1. The van der Waals surface area contributed by atoms with Crippen molar-refractivity contribution in [3.05, 3.63) is 41.0 Å². The molecule has 9 heteroatoms. The molecule has 0 atom stereocenters. The van der Waals surface area contributed by atoms with Gasteiger partial charge in [0, 0.05) is 18.1 Å². The van der Waals surface area contributed by atoms with Gasteiger partial charge in [0.2, 0.25) is 5.16 Å². The maximum absolute atomic E-state index is 12.5. The van der Waals surface area contributed by atoms with Crippen LogP contribution in [0.1, 0.15) is 39.0 Å². The van der Waals surface area contributed by atoms with E-state index in [1.54, 1.807) is 43.7 Å². The molecule has 0 amide bonds. The van der Waals surface area contributed by atoms with E-state index in [2.05, 4.69) is 20.1 Å². The lowest BCUT2D eigenvalue weighted by molar-refractivity contribution is 0.0525. The zero-order valence-corrected chi connectivity index (χ0v) is 14.9. The normalized spacial score (nSPS) is 11.0. The number of carbonyl (C=O) groups excluding carboxylic acids is 2. The summed E-state index contributed by atoms with van der Waals surface area (Å²) in [6.45, 7) is 5.52. The molecule has 0 aliphatic carbocycles. The summed E-state index contributed by atoms with van der Waals surface area (Å²) in [6.07, 6.45) is 3.37. The van der Waals surface area contributed by atoms with E-state index < -0.39 is 5.97 Å². The lowest BCUT2D eigenvalue weighted by Gasteiger charge is -2.02. The van der Waals surface area contributed by atoms with E-state index in [0.29, 0.717) is 33.4 Å². The first-order valence-corrected chi connectivity index (χ1v) is 8.69. The van der Waals surface area contributed by atoms with Crippen molar-refractivity contribution in [3.63, 3.8) is 0 Å². The van der Waals surface area contributed by atoms with Crippen LogP contribution in [-0.2, 0) is 4.74 Å². The maximum Gasteiger partial charge on any atom is 0.340 e. The van der Waals surface area contributed by atoms with Crippen LogP contribution >= 0.6 is 11.8 Å². The van der Waals surface area contributed by atoms with Crippen molar-refractivity contribution < 1.29 is 14.3 Å². The van der Waals surface area contributed by atoms with E-state index in [1.807, 2.05) is 0 Å². The summed E-state index contributed by atoms with van der Waals surface area (Å²) in [6, 6.07) is 1.75. The van der Waals surface area contributed by atoms with Gasteiger partial charge in [0.15, 0.2) is 5.78 Å². The van der Waals surface area contributed by atoms with Crippen LogP contribution < -0.4 is 0 Å². The van der Waals surface area contributed by atoms with Crippen molar-refractivity contribution in [1.82, 2.24) is 24.6 Å². The van der Waals surface area contributed by atoms with Crippen molar-refractivity contribution in [3.8, 4) is 0 Å². The minimum Gasteiger partial charge on any atom is -0.462 e.